The Hall–Kier alpha value is -1.19. The predicted octanol–water partition coefficient (Wildman–Crippen LogP) is -0.308. The van der Waals surface area contributed by atoms with Gasteiger partial charge in [-0.05, 0) is 0 Å². The summed E-state index contributed by atoms with van der Waals surface area (Å²) in [5, 5.41) is 10.0. The average molecular weight is 469 g/mol. The molecule has 0 aromatic heterocycles. The van der Waals surface area contributed by atoms with Gasteiger partial charge in [0.15, 0.2) is 0 Å². The number of alkyl halides is 2. The lowest BCUT2D eigenvalue weighted by atomic mass is 10.3. The van der Waals surface area contributed by atoms with Crippen molar-refractivity contribution in [2.45, 2.75) is 0 Å². The van der Waals surface area contributed by atoms with E-state index in [2.05, 4.69) is 0 Å². The Labute approximate surface area is 149 Å². The van der Waals surface area contributed by atoms with Crippen LogP contribution in [0.4, 0.5) is 14.5 Å². The molecule has 162 valence electrons. The molecule has 0 spiro atoms. The summed E-state index contributed by atoms with van der Waals surface area (Å²) in [7, 11) is -13.9. The Kier molecular flexibility index (Phi) is 21.0. The summed E-state index contributed by atoms with van der Waals surface area (Å²) >= 11 is 0. The molecule has 0 bridgehead atoms. The molecule has 15 nitrogen and oxygen atoms in total. The van der Waals surface area contributed by atoms with Crippen molar-refractivity contribution in [3.8, 4) is 0 Å². The van der Waals surface area contributed by atoms with E-state index in [1.165, 1.54) is 12.1 Å². The van der Waals surface area contributed by atoms with Crippen LogP contribution >= 0.6 is 23.5 Å². The molecule has 9 N–H and O–H groups in total. The smallest absolute Gasteiger partial charge is 0.303 e. The maximum Gasteiger partial charge on any atom is 0.466 e. The topological polar surface area (TPSA) is 276 Å². The molecule has 0 saturated carbocycles. The molecule has 0 atom stereocenters. The van der Waals surface area contributed by atoms with Crippen LogP contribution in [-0.2, 0) is 13.7 Å². The number of nitro benzene ring substituents is 1. The summed E-state index contributed by atoms with van der Waals surface area (Å²) in [4.78, 5) is 74.3. The lowest BCUT2D eigenvalue weighted by Gasteiger charge is -1.85. The molecule has 27 heavy (non-hydrogen) atoms. The van der Waals surface area contributed by atoms with Gasteiger partial charge in [0.05, 0.1) is 4.92 Å². The van der Waals surface area contributed by atoms with E-state index in [-0.39, 0.29) is 5.69 Å². The normalized spacial score (nSPS) is 10.2. The maximum absolute atomic E-state index is 10.0. The molecule has 0 aliphatic heterocycles. The molecule has 0 heterocycles. The first-order valence-electron chi connectivity index (χ1n) is 5.38. The van der Waals surface area contributed by atoms with Crippen LogP contribution in [0.3, 0.4) is 0 Å². The fourth-order valence-corrected chi connectivity index (χ4v) is 0.550. The third-order valence-electron chi connectivity index (χ3n) is 0.967. The molecule has 0 unspecified atom stereocenters. The van der Waals surface area contributed by atoms with Gasteiger partial charge < -0.3 is 44.0 Å². The van der Waals surface area contributed by atoms with Crippen LogP contribution < -0.4 is 0 Å². The van der Waals surface area contributed by atoms with E-state index in [0.29, 0.717) is 0 Å². The Morgan fingerprint density at radius 1 is 0.741 bits per heavy atom. The van der Waals surface area contributed by atoms with Gasteiger partial charge in [0, 0.05) is 12.1 Å². The van der Waals surface area contributed by atoms with E-state index in [4.69, 9.17) is 57.7 Å². The number of nitro groups is 1. The molecule has 0 fully saturated rings. The summed E-state index contributed by atoms with van der Waals surface area (Å²) in [6.45, 7) is -1.75. The molecule has 0 aliphatic carbocycles. The predicted molar refractivity (Wildman–Crippen MR) is 83.0 cm³/mol. The zero-order chi connectivity index (χ0) is 22.9. The van der Waals surface area contributed by atoms with Crippen molar-refractivity contribution in [1.29, 1.82) is 0 Å². The zero-order valence-corrected chi connectivity index (χ0v) is 15.4. The van der Waals surface area contributed by atoms with E-state index in [0.717, 1.165) is 0 Å². The van der Waals surface area contributed by atoms with Crippen molar-refractivity contribution in [2.24, 2.45) is 0 Å². The fourth-order valence-electron chi connectivity index (χ4n) is 0.550. The molecule has 20 heteroatoms. The van der Waals surface area contributed by atoms with Gasteiger partial charge in [-0.25, -0.2) is 22.5 Å². The highest BCUT2D eigenvalue weighted by molar-refractivity contribution is 7.45. The Morgan fingerprint density at radius 3 is 1.04 bits per heavy atom. The van der Waals surface area contributed by atoms with Gasteiger partial charge in [-0.2, -0.15) is 0 Å². The first-order chi connectivity index (χ1) is 11.7. The molecule has 1 aromatic rings. The molecular formula is C7H16F2NO14P3. The van der Waals surface area contributed by atoms with Gasteiger partial charge in [-0.15, -0.1) is 0 Å². The van der Waals surface area contributed by atoms with Crippen molar-refractivity contribution in [3.05, 3.63) is 40.4 Å². The molecule has 0 saturated heterocycles. The lowest BCUT2D eigenvalue weighted by molar-refractivity contribution is -0.384. The highest BCUT2D eigenvalue weighted by Crippen LogP contribution is 2.26. The van der Waals surface area contributed by atoms with Crippen molar-refractivity contribution < 1.29 is 71.4 Å². The fraction of sp³-hybridized carbons (Fsp3) is 0.143. The van der Waals surface area contributed by atoms with Gasteiger partial charge in [0.1, 0.15) is 0 Å². The standard InChI is InChI=1S/C6H5NO2.CH2F2.3H3O4P/c8-7(9)6-4-2-1-3-5-6;2-1-3;3*1-5(2,3)4/h1-5H;1H2;3*(H3,1,2,3,4). The Morgan fingerprint density at radius 2 is 0.926 bits per heavy atom. The van der Waals surface area contributed by atoms with Gasteiger partial charge in [-0.1, -0.05) is 18.2 Å². The van der Waals surface area contributed by atoms with Gasteiger partial charge in [-0.3, -0.25) is 10.1 Å². The lowest BCUT2D eigenvalue weighted by Crippen LogP contribution is -1.84. The van der Waals surface area contributed by atoms with Crippen molar-refractivity contribution in [2.75, 3.05) is 6.93 Å². The van der Waals surface area contributed by atoms with Crippen LogP contribution in [0.2, 0.25) is 0 Å². The highest BCUT2D eigenvalue weighted by Gasteiger charge is 2.01. The number of hydrogen-bond acceptors (Lipinski definition) is 5. The molecular weight excluding hydrogens is 453 g/mol. The summed E-state index contributed by atoms with van der Waals surface area (Å²) < 4.78 is 45.9. The third kappa shape index (κ3) is 110. The largest absolute Gasteiger partial charge is 0.466 e. The number of benzene rings is 1. The molecule has 0 aliphatic rings. The van der Waals surface area contributed by atoms with Crippen molar-refractivity contribution >= 4 is 29.2 Å². The van der Waals surface area contributed by atoms with Crippen LogP contribution in [0, 0.1) is 10.1 Å². The maximum atomic E-state index is 10.0. The quantitative estimate of drug-likeness (QED) is 0.145. The second-order valence-electron chi connectivity index (χ2n) is 3.23. The van der Waals surface area contributed by atoms with Crippen LogP contribution in [0.15, 0.2) is 30.3 Å². The monoisotopic (exact) mass is 469 g/mol. The van der Waals surface area contributed by atoms with E-state index in [1.807, 2.05) is 0 Å². The van der Waals surface area contributed by atoms with Gasteiger partial charge >= 0.3 is 23.5 Å². The van der Waals surface area contributed by atoms with Crippen molar-refractivity contribution in [1.82, 2.24) is 0 Å². The second-order valence-corrected chi connectivity index (χ2v) is 6.31. The van der Waals surface area contributed by atoms with E-state index >= 15 is 0 Å². The average Bonchev–Trinajstić information content (AvgIpc) is 2.34. The SMILES string of the molecule is FCF.O=P(O)(O)O.O=P(O)(O)O.O=P(O)(O)O.O=[N+]([O-])c1ccccc1. The van der Waals surface area contributed by atoms with Crippen LogP contribution in [-0.4, -0.2) is 55.9 Å². The van der Waals surface area contributed by atoms with Crippen LogP contribution in [0.1, 0.15) is 0 Å². The number of nitrogens with zero attached hydrogens (tertiary/aromatic N) is 1. The molecule has 1 rings (SSSR count). The van der Waals surface area contributed by atoms with Crippen LogP contribution in [0.5, 0.6) is 0 Å². The Balaban J connectivity index is -0.000000130. The molecule has 1 aromatic carbocycles. The molecule has 0 radical (unpaired) electrons. The van der Waals surface area contributed by atoms with Gasteiger partial charge in [0.25, 0.3) is 5.69 Å². The minimum atomic E-state index is -4.64. The number of hydrogen-bond donors (Lipinski definition) is 9. The zero-order valence-electron chi connectivity index (χ0n) is 12.7. The summed E-state index contributed by atoms with van der Waals surface area (Å²) in [5.41, 5.74) is 0.137. The minimum Gasteiger partial charge on any atom is -0.303 e. The number of para-hydroxylation sites is 1. The third-order valence-corrected chi connectivity index (χ3v) is 0.967. The van der Waals surface area contributed by atoms with Gasteiger partial charge in [0.2, 0.25) is 6.93 Å². The Bertz CT molecular complexity index is 555. The van der Waals surface area contributed by atoms with E-state index in [9.17, 15) is 18.9 Å². The van der Waals surface area contributed by atoms with Crippen molar-refractivity contribution in [3.63, 3.8) is 0 Å². The first kappa shape index (κ1) is 33.4. The summed E-state index contributed by atoms with van der Waals surface area (Å²) in [6.07, 6.45) is 0. The summed E-state index contributed by atoms with van der Waals surface area (Å²) in [6, 6.07) is 7.93. The highest BCUT2D eigenvalue weighted by atomic mass is 31.2. The molecule has 0 amide bonds. The van der Waals surface area contributed by atoms with Crippen LogP contribution in [0.25, 0.3) is 0 Å². The second kappa shape index (κ2) is 16.9. The summed E-state index contributed by atoms with van der Waals surface area (Å²) in [5.74, 6) is 0. The first-order valence-corrected chi connectivity index (χ1v) is 10.1. The minimum absolute atomic E-state index is 0.137. The number of rotatable bonds is 1. The van der Waals surface area contributed by atoms with E-state index in [1.54, 1.807) is 18.2 Å². The van der Waals surface area contributed by atoms with E-state index < -0.39 is 35.3 Å². The number of phosphoric acid groups is 3. The number of non-ortho nitro benzene ring substituents is 1. The number of halogens is 2.